The van der Waals surface area contributed by atoms with Crippen LogP contribution in [-0.2, 0) is 9.53 Å². The topological polar surface area (TPSA) is 81.5 Å². The van der Waals surface area contributed by atoms with Crippen LogP contribution in [-0.4, -0.2) is 30.1 Å². The average molecular weight is 361 g/mol. The van der Waals surface area contributed by atoms with E-state index in [9.17, 15) is 14.9 Å². The summed E-state index contributed by atoms with van der Waals surface area (Å²) in [5, 5.41) is 15.5. The van der Waals surface area contributed by atoms with Crippen LogP contribution >= 0.6 is 11.6 Å². The van der Waals surface area contributed by atoms with Gasteiger partial charge in [0.15, 0.2) is 0 Å². The van der Waals surface area contributed by atoms with Crippen LogP contribution in [0.3, 0.4) is 0 Å². The van der Waals surface area contributed by atoms with Crippen molar-refractivity contribution in [3.63, 3.8) is 0 Å². The van der Waals surface area contributed by atoms with Gasteiger partial charge in [0.25, 0.3) is 0 Å². The quantitative estimate of drug-likeness (QED) is 0.515. The molecule has 1 N–H and O–H groups in total. The molecule has 2 aromatic carbocycles. The third-order valence-corrected chi connectivity index (χ3v) is 4.75. The van der Waals surface area contributed by atoms with Crippen molar-refractivity contribution in [3.8, 4) is 0 Å². The third kappa shape index (κ3) is 3.36. The molecule has 0 aromatic heterocycles. The highest BCUT2D eigenvalue weighted by molar-refractivity contribution is 6.30. The summed E-state index contributed by atoms with van der Waals surface area (Å²) in [5.41, 5.74) is 1.39. The van der Waals surface area contributed by atoms with Crippen LogP contribution in [0.4, 0.5) is 0 Å². The van der Waals surface area contributed by atoms with E-state index in [-0.39, 0.29) is 4.92 Å². The number of rotatable bonds is 4. The monoisotopic (exact) mass is 360 g/mol. The molecule has 6 nitrogen and oxygen atoms in total. The van der Waals surface area contributed by atoms with E-state index in [1.165, 1.54) is 7.11 Å². The number of hydrogen-bond donors (Lipinski definition) is 1. The first-order valence-electron chi connectivity index (χ1n) is 7.80. The first-order chi connectivity index (χ1) is 12.0. The Morgan fingerprint density at radius 1 is 1.16 bits per heavy atom. The summed E-state index contributed by atoms with van der Waals surface area (Å²) in [6.45, 7) is 0. The Morgan fingerprint density at radius 2 is 1.84 bits per heavy atom. The lowest BCUT2D eigenvalue weighted by Gasteiger charge is -2.19. The van der Waals surface area contributed by atoms with Gasteiger partial charge in [0, 0.05) is 9.95 Å². The van der Waals surface area contributed by atoms with Crippen molar-refractivity contribution >= 4 is 17.6 Å². The number of ether oxygens (including phenoxy) is 1. The Morgan fingerprint density at radius 3 is 2.44 bits per heavy atom. The van der Waals surface area contributed by atoms with Crippen molar-refractivity contribution in [2.24, 2.45) is 0 Å². The Labute approximate surface area is 149 Å². The van der Waals surface area contributed by atoms with E-state index in [1.807, 2.05) is 30.3 Å². The van der Waals surface area contributed by atoms with Gasteiger partial charge in [0.2, 0.25) is 6.04 Å². The molecule has 0 bridgehead atoms. The van der Waals surface area contributed by atoms with Gasteiger partial charge in [0.05, 0.1) is 13.0 Å². The lowest BCUT2D eigenvalue weighted by atomic mass is 9.85. The first kappa shape index (κ1) is 17.4. The van der Waals surface area contributed by atoms with E-state index in [2.05, 4.69) is 5.32 Å². The SMILES string of the molecule is COC(=O)[C@H]1N[C@@H](c2ccccc2)[C@@H]([N+](=O)[O-])[C@@H]1c1cccc(Cl)c1. The van der Waals surface area contributed by atoms with Gasteiger partial charge in [-0.2, -0.15) is 0 Å². The van der Waals surface area contributed by atoms with Gasteiger partial charge in [-0.05, 0) is 23.3 Å². The maximum absolute atomic E-state index is 12.3. The minimum atomic E-state index is -1.02. The van der Waals surface area contributed by atoms with Crippen LogP contribution in [0.1, 0.15) is 23.1 Å². The highest BCUT2D eigenvalue weighted by atomic mass is 35.5. The van der Waals surface area contributed by atoms with Crippen molar-refractivity contribution in [3.05, 3.63) is 80.9 Å². The van der Waals surface area contributed by atoms with E-state index in [1.54, 1.807) is 24.3 Å². The fourth-order valence-corrected chi connectivity index (χ4v) is 3.65. The number of nitrogens with one attached hydrogen (secondary N) is 1. The summed E-state index contributed by atoms with van der Waals surface area (Å²) in [5.74, 6) is -1.22. The molecule has 1 aliphatic heterocycles. The van der Waals surface area contributed by atoms with Crippen LogP contribution in [0.25, 0.3) is 0 Å². The smallest absolute Gasteiger partial charge is 0.323 e. The molecule has 4 atom stereocenters. The highest BCUT2D eigenvalue weighted by Crippen LogP contribution is 2.41. The average Bonchev–Trinajstić information content (AvgIpc) is 3.02. The summed E-state index contributed by atoms with van der Waals surface area (Å²) in [7, 11) is 1.27. The van der Waals surface area contributed by atoms with E-state index in [0.29, 0.717) is 10.6 Å². The molecule has 130 valence electrons. The fraction of sp³-hybridized carbons (Fsp3) is 0.278. The molecule has 0 amide bonds. The third-order valence-electron chi connectivity index (χ3n) is 4.52. The molecule has 1 aliphatic rings. The van der Waals surface area contributed by atoms with Gasteiger partial charge in [-0.1, -0.05) is 54.1 Å². The van der Waals surface area contributed by atoms with E-state index in [4.69, 9.17) is 16.3 Å². The molecule has 0 saturated carbocycles. The first-order valence-corrected chi connectivity index (χ1v) is 8.18. The van der Waals surface area contributed by atoms with Crippen LogP contribution < -0.4 is 5.32 Å². The maximum atomic E-state index is 12.3. The van der Waals surface area contributed by atoms with Gasteiger partial charge in [0.1, 0.15) is 12.1 Å². The molecule has 7 heteroatoms. The number of carbonyl (C=O) groups is 1. The zero-order chi connectivity index (χ0) is 18.0. The summed E-state index contributed by atoms with van der Waals surface area (Å²) in [6, 6.07) is 13.4. The van der Waals surface area contributed by atoms with Crippen molar-refractivity contribution < 1.29 is 14.5 Å². The second-order valence-electron chi connectivity index (χ2n) is 5.91. The van der Waals surface area contributed by atoms with Gasteiger partial charge in [-0.15, -0.1) is 0 Å². The molecule has 0 radical (unpaired) electrons. The Bertz CT molecular complexity index is 784. The molecule has 0 unspecified atom stereocenters. The maximum Gasteiger partial charge on any atom is 0.323 e. The second-order valence-corrected chi connectivity index (χ2v) is 6.35. The van der Waals surface area contributed by atoms with Crippen LogP contribution in [0.5, 0.6) is 0 Å². The Hall–Kier alpha value is -2.44. The molecule has 1 fully saturated rings. The number of methoxy groups -OCH3 is 1. The van der Waals surface area contributed by atoms with E-state index in [0.717, 1.165) is 5.56 Å². The number of nitro groups is 1. The summed E-state index contributed by atoms with van der Waals surface area (Å²) < 4.78 is 4.87. The minimum absolute atomic E-state index is 0.334. The van der Waals surface area contributed by atoms with Crippen LogP contribution in [0, 0.1) is 10.1 Å². The van der Waals surface area contributed by atoms with E-state index < -0.39 is 30.0 Å². The number of hydrogen-bond acceptors (Lipinski definition) is 5. The Kier molecular flexibility index (Phi) is 5.01. The molecule has 1 saturated heterocycles. The highest BCUT2D eigenvalue weighted by Gasteiger charge is 2.54. The van der Waals surface area contributed by atoms with Crippen LogP contribution in [0.15, 0.2) is 54.6 Å². The lowest BCUT2D eigenvalue weighted by molar-refractivity contribution is -0.527. The molecule has 3 rings (SSSR count). The summed E-state index contributed by atoms with van der Waals surface area (Å²) in [4.78, 5) is 23.8. The van der Waals surface area contributed by atoms with Gasteiger partial charge in [-0.25, -0.2) is 0 Å². The standard InChI is InChI=1S/C18H17ClN2O4/c1-25-18(22)16-14(12-8-5-9-13(19)10-12)17(21(23)24)15(20-16)11-6-3-2-4-7-11/h2-10,14-17,20H,1H3/t14-,15+,16+,17+/m1/s1. The molecule has 2 aromatic rings. The normalized spacial score (nSPS) is 25.5. The number of carbonyl (C=O) groups excluding carboxylic acids is 1. The predicted octanol–water partition coefficient (Wildman–Crippen LogP) is 2.96. The summed E-state index contributed by atoms with van der Waals surface area (Å²) in [6.07, 6.45) is 0. The minimum Gasteiger partial charge on any atom is -0.468 e. The lowest BCUT2D eigenvalue weighted by Crippen LogP contribution is -2.37. The van der Waals surface area contributed by atoms with Crippen LogP contribution in [0.2, 0.25) is 5.02 Å². The zero-order valence-electron chi connectivity index (χ0n) is 13.5. The largest absolute Gasteiger partial charge is 0.468 e. The zero-order valence-corrected chi connectivity index (χ0v) is 14.2. The Balaban J connectivity index is 2.10. The number of halogens is 1. The van der Waals surface area contributed by atoms with Crippen molar-refractivity contribution in [2.75, 3.05) is 7.11 Å². The molecular weight excluding hydrogens is 344 g/mol. The molecule has 25 heavy (non-hydrogen) atoms. The second kappa shape index (κ2) is 7.21. The van der Waals surface area contributed by atoms with Crippen molar-refractivity contribution in [1.29, 1.82) is 0 Å². The molecule has 1 heterocycles. The number of esters is 1. The van der Waals surface area contributed by atoms with E-state index >= 15 is 0 Å². The molecule has 0 spiro atoms. The van der Waals surface area contributed by atoms with Gasteiger partial charge >= 0.3 is 5.97 Å². The van der Waals surface area contributed by atoms with Crippen molar-refractivity contribution in [2.45, 2.75) is 24.0 Å². The van der Waals surface area contributed by atoms with Gasteiger partial charge < -0.3 is 4.74 Å². The van der Waals surface area contributed by atoms with Crippen molar-refractivity contribution in [1.82, 2.24) is 5.32 Å². The predicted molar refractivity (Wildman–Crippen MR) is 93.1 cm³/mol. The fourth-order valence-electron chi connectivity index (χ4n) is 3.45. The molecule has 0 aliphatic carbocycles. The van der Waals surface area contributed by atoms with Gasteiger partial charge in [-0.3, -0.25) is 20.2 Å². The number of nitrogens with zero attached hydrogens (tertiary/aromatic N) is 1. The number of benzene rings is 2. The molecular formula is C18H17ClN2O4. The summed E-state index contributed by atoms with van der Waals surface area (Å²) >= 11 is 6.06.